The third kappa shape index (κ3) is 6.10. The van der Waals surface area contributed by atoms with E-state index in [1.54, 1.807) is 36.4 Å². The normalized spacial score (nSPS) is 15.5. The molecule has 1 saturated heterocycles. The first-order valence-electron chi connectivity index (χ1n) is 9.60. The largest absolute Gasteiger partial charge is 0.484 e. The van der Waals surface area contributed by atoms with Gasteiger partial charge >= 0.3 is 0 Å². The number of carbonyl (C=O) groups is 2. The summed E-state index contributed by atoms with van der Waals surface area (Å²) in [5.74, 6) is -0.151. The third-order valence-electron chi connectivity index (χ3n) is 4.84. The smallest absolute Gasteiger partial charge is 0.258 e. The quantitative estimate of drug-likeness (QED) is 0.690. The molecule has 0 saturated carbocycles. The Morgan fingerprint density at radius 3 is 2.59 bits per heavy atom. The Labute approximate surface area is 169 Å². The van der Waals surface area contributed by atoms with Crippen LogP contribution in [-0.4, -0.2) is 56.0 Å². The lowest BCUT2D eigenvalue weighted by Crippen LogP contribution is -2.44. The van der Waals surface area contributed by atoms with Gasteiger partial charge in [-0.2, -0.15) is 0 Å². The molecule has 2 aromatic rings. The standard InChI is InChI=1S/C22H25FN2O4/c1-16(26)18-3-2-4-20(13-18)29-15-22(27)24-14-21(25-9-11-28-12-10-25)17-5-7-19(23)8-6-17/h2-8,13,21H,9-12,14-15H2,1H3,(H,24,27). The number of hydrogen-bond acceptors (Lipinski definition) is 5. The van der Waals surface area contributed by atoms with Crippen LogP contribution in [0.2, 0.25) is 0 Å². The zero-order valence-corrected chi connectivity index (χ0v) is 16.4. The fourth-order valence-electron chi connectivity index (χ4n) is 3.25. The minimum Gasteiger partial charge on any atom is -0.484 e. The molecule has 1 aliphatic rings. The molecule has 1 unspecified atom stereocenters. The Kier molecular flexibility index (Phi) is 7.32. The minimum absolute atomic E-state index is 0.0625. The van der Waals surface area contributed by atoms with Crippen LogP contribution in [0.15, 0.2) is 48.5 Å². The van der Waals surface area contributed by atoms with Crippen LogP contribution in [0.25, 0.3) is 0 Å². The monoisotopic (exact) mass is 400 g/mol. The van der Waals surface area contributed by atoms with Crippen LogP contribution in [0.1, 0.15) is 28.9 Å². The van der Waals surface area contributed by atoms with Crippen LogP contribution in [0.3, 0.4) is 0 Å². The maximum atomic E-state index is 13.3. The van der Waals surface area contributed by atoms with E-state index in [2.05, 4.69) is 10.2 Å². The second-order valence-electron chi connectivity index (χ2n) is 6.89. The van der Waals surface area contributed by atoms with Crippen LogP contribution in [0, 0.1) is 5.82 Å². The molecule has 154 valence electrons. The topological polar surface area (TPSA) is 67.9 Å². The van der Waals surface area contributed by atoms with Gasteiger partial charge in [-0.1, -0.05) is 24.3 Å². The molecule has 2 aromatic carbocycles. The van der Waals surface area contributed by atoms with Crippen molar-refractivity contribution in [3.63, 3.8) is 0 Å². The summed E-state index contributed by atoms with van der Waals surface area (Å²) in [4.78, 5) is 26.0. The molecule has 1 N–H and O–H groups in total. The van der Waals surface area contributed by atoms with Gasteiger partial charge in [0.05, 0.1) is 19.3 Å². The summed E-state index contributed by atoms with van der Waals surface area (Å²) in [6.45, 7) is 4.44. The van der Waals surface area contributed by atoms with Crippen molar-refractivity contribution >= 4 is 11.7 Å². The van der Waals surface area contributed by atoms with E-state index >= 15 is 0 Å². The number of morpholine rings is 1. The number of hydrogen-bond donors (Lipinski definition) is 1. The summed E-state index contributed by atoms with van der Waals surface area (Å²) in [5, 5.41) is 2.89. The van der Waals surface area contributed by atoms with Gasteiger partial charge in [-0.3, -0.25) is 14.5 Å². The first-order valence-corrected chi connectivity index (χ1v) is 9.60. The summed E-state index contributed by atoms with van der Waals surface area (Å²) < 4.78 is 24.2. The average molecular weight is 400 g/mol. The molecule has 1 aliphatic heterocycles. The fraction of sp³-hybridized carbons (Fsp3) is 0.364. The number of benzene rings is 2. The van der Waals surface area contributed by atoms with Gasteiger partial charge in [0.1, 0.15) is 11.6 Å². The lowest BCUT2D eigenvalue weighted by atomic mass is 10.0. The van der Waals surface area contributed by atoms with Crippen LogP contribution in [0.4, 0.5) is 4.39 Å². The maximum absolute atomic E-state index is 13.3. The first-order chi connectivity index (χ1) is 14.0. The van der Waals surface area contributed by atoms with E-state index in [1.807, 2.05) is 0 Å². The molecule has 7 heteroatoms. The number of amides is 1. The molecule has 6 nitrogen and oxygen atoms in total. The van der Waals surface area contributed by atoms with Crippen LogP contribution in [-0.2, 0) is 9.53 Å². The zero-order valence-electron chi connectivity index (χ0n) is 16.4. The molecule has 1 amide bonds. The van der Waals surface area contributed by atoms with Crippen LogP contribution in [0.5, 0.6) is 5.75 Å². The molecule has 1 heterocycles. The van der Waals surface area contributed by atoms with E-state index in [1.165, 1.54) is 19.1 Å². The van der Waals surface area contributed by atoms with Gasteiger partial charge in [-0.25, -0.2) is 4.39 Å². The third-order valence-corrected chi connectivity index (χ3v) is 4.84. The van der Waals surface area contributed by atoms with Crippen molar-refractivity contribution in [1.29, 1.82) is 0 Å². The molecular weight excluding hydrogens is 375 g/mol. The van der Waals surface area contributed by atoms with Crippen molar-refractivity contribution in [3.05, 3.63) is 65.5 Å². The number of halogens is 1. The number of ketones is 1. The molecule has 0 bridgehead atoms. The van der Waals surface area contributed by atoms with Crippen molar-refractivity contribution in [2.45, 2.75) is 13.0 Å². The maximum Gasteiger partial charge on any atom is 0.258 e. The van der Waals surface area contributed by atoms with E-state index in [0.29, 0.717) is 31.1 Å². The van der Waals surface area contributed by atoms with Crippen molar-refractivity contribution in [2.24, 2.45) is 0 Å². The van der Waals surface area contributed by atoms with E-state index in [9.17, 15) is 14.0 Å². The molecule has 1 atom stereocenters. The number of nitrogens with one attached hydrogen (secondary N) is 1. The Hall–Kier alpha value is -2.77. The van der Waals surface area contributed by atoms with Crippen molar-refractivity contribution < 1.29 is 23.5 Å². The number of ether oxygens (including phenoxy) is 2. The second kappa shape index (κ2) is 10.1. The Morgan fingerprint density at radius 1 is 1.17 bits per heavy atom. The molecule has 0 radical (unpaired) electrons. The lowest BCUT2D eigenvalue weighted by molar-refractivity contribution is -0.123. The molecule has 1 fully saturated rings. The summed E-state index contributed by atoms with van der Waals surface area (Å²) >= 11 is 0. The number of rotatable bonds is 8. The van der Waals surface area contributed by atoms with Gasteiger partial charge < -0.3 is 14.8 Å². The van der Waals surface area contributed by atoms with E-state index in [0.717, 1.165) is 18.7 Å². The molecule has 0 spiro atoms. The van der Waals surface area contributed by atoms with Gasteiger partial charge in [-0.15, -0.1) is 0 Å². The SMILES string of the molecule is CC(=O)c1cccc(OCC(=O)NCC(c2ccc(F)cc2)N2CCOCC2)c1. The minimum atomic E-state index is -0.292. The predicted molar refractivity (Wildman–Crippen MR) is 106 cm³/mol. The van der Waals surface area contributed by atoms with Gasteiger partial charge in [0, 0.05) is 25.2 Å². The molecule has 0 aliphatic carbocycles. The summed E-state index contributed by atoms with van der Waals surface area (Å²) in [6.07, 6.45) is 0. The zero-order chi connectivity index (χ0) is 20.6. The number of Topliss-reactive ketones (excluding diaryl/α,β-unsaturated/α-hetero) is 1. The van der Waals surface area contributed by atoms with Crippen molar-refractivity contribution in [1.82, 2.24) is 10.2 Å². The highest BCUT2D eigenvalue weighted by atomic mass is 19.1. The fourth-order valence-corrected chi connectivity index (χ4v) is 3.25. The average Bonchev–Trinajstić information content (AvgIpc) is 2.74. The van der Waals surface area contributed by atoms with Gasteiger partial charge in [0.15, 0.2) is 12.4 Å². The summed E-state index contributed by atoms with van der Waals surface area (Å²) in [6, 6.07) is 13.0. The van der Waals surface area contributed by atoms with Gasteiger partial charge in [-0.05, 0) is 36.8 Å². The highest BCUT2D eigenvalue weighted by molar-refractivity contribution is 5.94. The second-order valence-corrected chi connectivity index (χ2v) is 6.89. The Bertz CT molecular complexity index is 835. The van der Waals surface area contributed by atoms with Gasteiger partial charge in [0.2, 0.25) is 0 Å². The Balaban J connectivity index is 1.58. The number of carbonyl (C=O) groups excluding carboxylic acids is 2. The van der Waals surface area contributed by atoms with Crippen LogP contribution < -0.4 is 10.1 Å². The van der Waals surface area contributed by atoms with E-state index in [-0.39, 0.29) is 30.2 Å². The van der Waals surface area contributed by atoms with Crippen molar-refractivity contribution in [2.75, 3.05) is 39.5 Å². The highest BCUT2D eigenvalue weighted by Crippen LogP contribution is 2.21. The van der Waals surface area contributed by atoms with E-state index < -0.39 is 0 Å². The molecular formula is C22H25FN2O4. The predicted octanol–water partition coefficient (Wildman–Crippen LogP) is 2.60. The molecule has 29 heavy (non-hydrogen) atoms. The Morgan fingerprint density at radius 2 is 1.90 bits per heavy atom. The summed E-state index contributed by atoms with van der Waals surface area (Å²) in [7, 11) is 0. The lowest BCUT2D eigenvalue weighted by Gasteiger charge is -2.35. The molecule has 3 rings (SSSR count). The first kappa shape index (κ1) is 21.0. The molecule has 0 aromatic heterocycles. The number of nitrogens with zero attached hydrogens (tertiary/aromatic N) is 1. The van der Waals surface area contributed by atoms with E-state index in [4.69, 9.17) is 9.47 Å². The van der Waals surface area contributed by atoms with Crippen LogP contribution >= 0.6 is 0 Å². The van der Waals surface area contributed by atoms with Crippen molar-refractivity contribution in [3.8, 4) is 5.75 Å². The van der Waals surface area contributed by atoms with Gasteiger partial charge in [0.25, 0.3) is 5.91 Å². The summed E-state index contributed by atoms with van der Waals surface area (Å²) in [5.41, 5.74) is 1.47. The highest BCUT2D eigenvalue weighted by Gasteiger charge is 2.23.